The highest BCUT2D eigenvalue weighted by molar-refractivity contribution is 6.42. The number of nitrogens with zero attached hydrogens (tertiary/aromatic N) is 3. The Morgan fingerprint density at radius 3 is 2.48 bits per heavy atom. The number of aromatic nitrogens is 2. The zero-order chi connectivity index (χ0) is 21.0. The number of aryl methyl sites for hydroxylation is 1. The number of carbonyl (C=O) groups excluding carboxylic acids is 1. The summed E-state index contributed by atoms with van der Waals surface area (Å²) in [5.41, 5.74) is 0.968. The number of carbonyl (C=O) groups is 1. The van der Waals surface area contributed by atoms with Crippen LogP contribution in [0.1, 0.15) is 42.2 Å². The normalized spacial score (nSPS) is 11.0. The van der Waals surface area contributed by atoms with Crippen LogP contribution >= 0.6 is 23.2 Å². The number of hydrogen-bond donors (Lipinski definition) is 0. The second-order valence-corrected chi connectivity index (χ2v) is 7.85. The van der Waals surface area contributed by atoms with Crippen molar-refractivity contribution in [2.24, 2.45) is 0 Å². The van der Waals surface area contributed by atoms with Crippen LogP contribution in [0.4, 0.5) is 0 Å². The molecule has 1 heterocycles. The number of amides is 1. The molecule has 3 rings (SSSR count). The van der Waals surface area contributed by atoms with Gasteiger partial charge in [-0.25, -0.2) is 4.68 Å². The minimum Gasteiger partial charge on any atom is -0.336 e. The molecular weight excluding hydrogens is 409 g/mol. The summed E-state index contributed by atoms with van der Waals surface area (Å²) in [6.45, 7) is 2.94. The van der Waals surface area contributed by atoms with Gasteiger partial charge in [0, 0.05) is 25.5 Å². The van der Waals surface area contributed by atoms with E-state index in [9.17, 15) is 9.59 Å². The van der Waals surface area contributed by atoms with Gasteiger partial charge in [0.1, 0.15) is 0 Å². The lowest BCUT2D eigenvalue weighted by molar-refractivity contribution is 0.0778. The molecule has 3 aromatic rings. The van der Waals surface area contributed by atoms with Crippen molar-refractivity contribution in [2.75, 3.05) is 7.05 Å². The van der Waals surface area contributed by atoms with Crippen molar-refractivity contribution in [3.63, 3.8) is 0 Å². The summed E-state index contributed by atoms with van der Waals surface area (Å²) in [4.78, 5) is 27.5. The van der Waals surface area contributed by atoms with E-state index < -0.39 is 0 Å². The summed E-state index contributed by atoms with van der Waals surface area (Å²) in [5, 5.41) is 6.41. The van der Waals surface area contributed by atoms with Gasteiger partial charge >= 0.3 is 0 Å². The first kappa shape index (κ1) is 21.3. The Labute approximate surface area is 179 Å². The average Bonchev–Trinajstić information content (AvgIpc) is 2.72. The van der Waals surface area contributed by atoms with E-state index in [1.165, 1.54) is 4.68 Å². The predicted molar refractivity (Wildman–Crippen MR) is 118 cm³/mol. The Morgan fingerprint density at radius 1 is 1.07 bits per heavy atom. The van der Waals surface area contributed by atoms with E-state index in [-0.39, 0.29) is 17.2 Å². The van der Waals surface area contributed by atoms with E-state index in [2.05, 4.69) is 12.0 Å². The lowest BCUT2D eigenvalue weighted by Gasteiger charge is -2.19. The van der Waals surface area contributed by atoms with Gasteiger partial charge in [0.25, 0.3) is 11.5 Å². The molecule has 0 saturated carbocycles. The third-order valence-corrected chi connectivity index (χ3v) is 5.53. The zero-order valence-electron chi connectivity index (χ0n) is 16.5. The maximum absolute atomic E-state index is 13.2. The second kappa shape index (κ2) is 9.42. The van der Waals surface area contributed by atoms with Crippen LogP contribution in [0.25, 0.3) is 10.8 Å². The maximum atomic E-state index is 13.2. The molecule has 1 aromatic heterocycles. The monoisotopic (exact) mass is 431 g/mol. The fourth-order valence-corrected chi connectivity index (χ4v) is 3.54. The van der Waals surface area contributed by atoms with Gasteiger partial charge in [0.05, 0.1) is 15.4 Å². The first-order valence-corrected chi connectivity index (χ1v) is 10.4. The highest BCUT2D eigenvalue weighted by Crippen LogP contribution is 2.23. The Hall–Kier alpha value is -2.37. The predicted octanol–water partition coefficient (Wildman–Crippen LogP) is 5.17. The third-order valence-electron chi connectivity index (χ3n) is 4.79. The summed E-state index contributed by atoms with van der Waals surface area (Å²) >= 11 is 12.1. The van der Waals surface area contributed by atoms with Gasteiger partial charge in [-0.3, -0.25) is 9.59 Å². The van der Waals surface area contributed by atoms with Crippen molar-refractivity contribution in [2.45, 2.75) is 39.3 Å². The first-order valence-electron chi connectivity index (χ1n) is 9.61. The summed E-state index contributed by atoms with van der Waals surface area (Å²) in [6, 6.07) is 12.4. The fourth-order valence-electron chi connectivity index (χ4n) is 3.22. The number of benzene rings is 2. The van der Waals surface area contributed by atoms with E-state index >= 15 is 0 Å². The number of rotatable bonds is 7. The van der Waals surface area contributed by atoms with Gasteiger partial charge in [-0.15, -0.1) is 0 Å². The zero-order valence-corrected chi connectivity index (χ0v) is 18.0. The average molecular weight is 432 g/mol. The van der Waals surface area contributed by atoms with E-state index in [1.54, 1.807) is 48.3 Å². The van der Waals surface area contributed by atoms with Crippen molar-refractivity contribution in [3.05, 3.63) is 74.1 Å². The fraction of sp³-hybridized carbons (Fsp3) is 0.318. The number of fused-ring (bicyclic) bond motifs is 1. The third kappa shape index (κ3) is 4.80. The molecule has 0 spiro atoms. The van der Waals surface area contributed by atoms with Crippen LogP contribution in [-0.4, -0.2) is 27.6 Å². The molecule has 0 bridgehead atoms. The van der Waals surface area contributed by atoms with Gasteiger partial charge < -0.3 is 4.90 Å². The number of unbranched alkanes of at least 4 members (excludes halogenated alkanes) is 2. The van der Waals surface area contributed by atoms with Gasteiger partial charge in [-0.2, -0.15) is 5.10 Å². The molecule has 152 valence electrons. The molecule has 7 heteroatoms. The second-order valence-electron chi connectivity index (χ2n) is 7.04. The smallest absolute Gasteiger partial charge is 0.274 e. The molecule has 0 aliphatic carbocycles. The molecule has 2 aromatic carbocycles. The van der Waals surface area contributed by atoms with Crippen LogP contribution in [0, 0.1) is 0 Å². The van der Waals surface area contributed by atoms with Crippen LogP contribution in [0.3, 0.4) is 0 Å². The summed E-state index contributed by atoms with van der Waals surface area (Å²) < 4.78 is 1.41. The van der Waals surface area contributed by atoms with E-state index in [1.807, 2.05) is 6.07 Å². The lowest BCUT2D eigenvalue weighted by atomic mass is 10.1. The lowest BCUT2D eigenvalue weighted by Crippen LogP contribution is -2.32. The SMILES string of the molecule is CCCCCn1nc(C(=O)N(C)Cc2ccc(Cl)c(Cl)c2)c2ccccc2c1=O. The van der Waals surface area contributed by atoms with Crippen molar-refractivity contribution in [3.8, 4) is 0 Å². The van der Waals surface area contributed by atoms with Crippen LogP contribution in [0.2, 0.25) is 10.0 Å². The highest BCUT2D eigenvalue weighted by atomic mass is 35.5. The minimum absolute atomic E-state index is 0.166. The highest BCUT2D eigenvalue weighted by Gasteiger charge is 2.20. The largest absolute Gasteiger partial charge is 0.336 e. The Balaban J connectivity index is 1.95. The maximum Gasteiger partial charge on any atom is 0.274 e. The Bertz CT molecular complexity index is 1100. The molecule has 0 N–H and O–H groups in total. The number of hydrogen-bond acceptors (Lipinski definition) is 3. The van der Waals surface area contributed by atoms with Gasteiger partial charge in [-0.1, -0.05) is 67.2 Å². The first-order chi connectivity index (χ1) is 13.9. The molecular formula is C22H23Cl2N3O2. The molecule has 0 aliphatic rings. The van der Waals surface area contributed by atoms with Gasteiger partial charge in [0.2, 0.25) is 0 Å². The molecule has 0 atom stereocenters. The Kier molecular flexibility index (Phi) is 6.93. The Morgan fingerprint density at radius 2 is 1.79 bits per heavy atom. The quantitative estimate of drug-likeness (QED) is 0.485. The van der Waals surface area contributed by atoms with Crippen molar-refractivity contribution in [1.29, 1.82) is 0 Å². The topological polar surface area (TPSA) is 55.2 Å². The standard InChI is InChI=1S/C22H23Cl2N3O2/c1-3-4-7-12-27-21(28)17-9-6-5-8-16(17)20(25-27)22(29)26(2)14-15-10-11-18(23)19(24)13-15/h5-6,8-11,13H,3-4,7,12,14H2,1-2H3. The van der Waals surface area contributed by atoms with Crippen LogP contribution < -0.4 is 5.56 Å². The number of halogens is 2. The van der Waals surface area contributed by atoms with Crippen molar-refractivity contribution in [1.82, 2.24) is 14.7 Å². The summed E-state index contributed by atoms with van der Waals surface area (Å²) in [6.07, 6.45) is 2.89. The van der Waals surface area contributed by atoms with E-state index in [0.717, 1.165) is 24.8 Å². The molecule has 5 nitrogen and oxygen atoms in total. The van der Waals surface area contributed by atoms with E-state index in [0.29, 0.717) is 33.9 Å². The van der Waals surface area contributed by atoms with Gasteiger partial charge in [0.15, 0.2) is 5.69 Å². The van der Waals surface area contributed by atoms with Gasteiger partial charge in [-0.05, 0) is 30.2 Å². The molecule has 0 unspecified atom stereocenters. The van der Waals surface area contributed by atoms with Crippen LogP contribution in [0.15, 0.2) is 47.3 Å². The minimum atomic E-state index is -0.253. The summed E-state index contributed by atoms with van der Waals surface area (Å²) in [7, 11) is 1.70. The van der Waals surface area contributed by atoms with Crippen LogP contribution in [0.5, 0.6) is 0 Å². The van der Waals surface area contributed by atoms with Crippen molar-refractivity contribution >= 4 is 39.9 Å². The van der Waals surface area contributed by atoms with Crippen LogP contribution in [-0.2, 0) is 13.1 Å². The molecule has 0 radical (unpaired) electrons. The summed E-state index contributed by atoms with van der Waals surface area (Å²) in [5.74, 6) is -0.253. The molecule has 29 heavy (non-hydrogen) atoms. The molecule has 1 amide bonds. The van der Waals surface area contributed by atoms with E-state index in [4.69, 9.17) is 23.2 Å². The molecule has 0 aliphatic heterocycles. The molecule has 0 saturated heterocycles. The van der Waals surface area contributed by atoms with Crippen molar-refractivity contribution < 1.29 is 4.79 Å². The molecule has 0 fully saturated rings.